The molecule has 2 fully saturated rings. The van der Waals surface area contributed by atoms with Crippen LogP contribution in [0.4, 0.5) is 0 Å². The summed E-state index contributed by atoms with van der Waals surface area (Å²) in [6.45, 7) is 5.03. The van der Waals surface area contributed by atoms with Crippen molar-refractivity contribution in [1.82, 2.24) is 10.6 Å². The highest BCUT2D eigenvalue weighted by Gasteiger charge is 2.41. The third kappa shape index (κ3) is 3.81. The molecule has 2 aliphatic rings. The van der Waals surface area contributed by atoms with Crippen LogP contribution in [0.2, 0.25) is 0 Å². The minimum Gasteiger partial charge on any atom is -0.384 e. The second-order valence-electron chi connectivity index (χ2n) is 5.41. The summed E-state index contributed by atoms with van der Waals surface area (Å²) in [5, 5.41) is 6.45. The Bertz CT molecular complexity index is 290. The molecule has 5 nitrogen and oxygen atoms in total. The number of rotatable bonds is 4. The highest BCUT2D eigenvalue weighted by molar-refractivity contribution is 5.85. The van der Waals surface area contributed by atoms with Gasteiger partial charge in [-0.15, -0.1) is 12.4 Å². The van der Waals surface area contributed by atoms with Crippen LogP contribution in [0.15, 0.2) is 0 Å². The Hall–Kier alpha value is -0.360. The molecule has 2 rings (SSSR count). The molecule has 2 N–H and O–H groups in total. The van der Waals surface area contributed by atoms with Crippen molar-refractivity contribution < 1.29 is 14.3 Å². The van der Waals surface area contributed by atoms with Crippen molar-refractivity contribution in [1.29, 1.82) is 0 Å². The van der Waals surface area contributed by atoms with E-state index in [2.05, 4.69) is 10.6 Å². The van der Waals surface area contributed by atoms with Crippen LogP contribution in [0.3, 0.4) is 0 Å². The normalized spacial score (nSPS) is 29.6. The van der Waals surface area contributed by atoms with Crippen molar-refractivity contribution in [3.05, 3.63) is 0 Å². The van der Waals surface area contributed by atoms with Crippen LogP contribution in [0.1, 0.15) is 26.2 Å². The maximum absolute atomic E-state index is 12.5. The van der Waals surface area contributed by atoms with Crippen LogP contribution in [-0.2, 0) is 14.3 Å². The first kappa shape index (κ1) is 16.7. The molecular weight excluding hydrogens is 268 g/mol. The molecule has 0 spiro atoms. The van der Waals surface area contributed by atoms with E-state index in [1.54, 1.807) is 7.11 Å². The molecule has 19 heavy (non-hydrogen) atoms. The number of carbonyl (C=O) groups is 1. The lowest BCUT2D eigenvalue weighted by Gasteiger charge is -2.36. The van der Waals surface area contributed by atoms with Gasteiger partial charge in [0.2, 0.25) is 5.91 Å². The van der Waals surface area contributed by atoms with Gasteiger partial charge in [0.15, 0.2) is 0 Å². The molecule has 0 saturated carbocycles. The summed E-state index contributed by atoms with van der Waals surface area (Å²) in [5.41, 5.74) is -0.359. The van der Waals surface area contributed by atoms with Gasteiger partial charge in [-0.05, 0) is 39.3 Å². The lowest BCUT2D eigenvalue weighted by Crippen LogP contribution is -2.53. The van der Waals surface area contributed by atoms with Gasteiger partial charge in [0.1, 0.15) is 0 Å². The minimum atomic E-state index is -0.359. The molecule has 112 valence electrons. The van der Waals surface area contributed by atoms with Crippen LogP contribution in [0.5, 0.6) is 0 Å². The largest absolute Gasteiger partial charge is 0.384 e. The summed E-state index contributed by atoms with van der Waals surface area (Å²) in [7, 11) is 1.67. The van der Waals surface area contributed by atoms with Crippen LogP contribution in [-0.4, -0.2) is 51.5 Å². The van der Waals surface area contributed by atoms with Gasteiger partial charge < -0.3 is 20.1 Å². The van der Waals surface area contributed by atoms with Gasteiger partial charge in [0.05, 0.1) is 24.2 Å². The topological polar surface area (TPSA) is 59.6 Å². The number of hydrogen-bond acceptors (Lipinski definition) is 4. The molecule has 2 unspecified atom stereocenters. The number of hydrogen-bond donors (Lipinski definition) is 2. The van der Waals surface area contributed by atoms with E-state index < -0.39 is 0 Å². The molecule has 0 aromatic carbocycles. The Kier molecular flexibility index (Phi) is 6.53. The molecule has 0 radical (unpaired) electrons. The molecular formula is C13H25ClN2O3. The standard InChI is InChI=1S/C13H24N2O3.ClH/c1-10-11(3-8-18-10)15-12(16)13(9-17-2)4-6-14-7-5-13;/h10-11,14H,3-9H2,1-2H3,(H,15,16);1H. The number of ether oxygens (including phenoxy) is 2. The lowest BCUT2D eigenvalue weighted by atomic mass is 9.78. The van der Waals surface area contributed by atoms with Crippen LogP contribution >= 0.6 is 12.4 Å². The molecule has 2 aliphatic heterocycles. The predicted octanol–water partition coefficient (Wildman–Crippen LogP) is 0.718. The highest BCUT2D eigenvalue weighted by Crippen LogP contribution is 2.30. The van der Waals surface area contributed by atoms with E-state index in [9.17, 15) is 4.79 Å². The second kappa shape index (κ2) is 7.43. The number of halogens is 1. The van der Waals surface area contributed by atoms with Crippen molar-refractivity contribution in [2.24, 2.45) is 5.41 Å². The zero-order valence-electron chi connectivity index (χ0n) is 11.7. The van der Waals surface area contributed by atoms with E-state index in [0.29, 0.717) is 6.61 Å². The first-order valence-corrected chi connectivity index (χ1v) is 6.80. The number of piperidine rings is 1. The molecule has 2 saturated heterocycles. The third-order valence-electron chi connectivity index (χ3n) is 4.16. The highest BCUT2D eigenvalue weighted by atomic mass is 35.5. The summed E-state index contributed by atoms with van der Waals surface area (Å²) in [5.74, 6) is 0.133. The van der Waals surface area contributed by atoms with Crippen LogP contribution in [0, 0.1) is 5.41 Å². The fraction of sp³-hybridized carbons (Fsp3) is 0.923. The lowest BCUT2D eigenvalue weighted by molar-refractivity contribution is -0.137. The average Bonchev–Trinajstić information content (AvgIpc) is 2.76. The van der Waals surface area contributed by atoms with Crippen LogP contribution in [0.25, 0.3) is 0 Å². The Labute approximate surface area is 121 Å². The smallest absolute Gasteiger partial charge is 0.228 e. The average molecular weight is 293 g/mol. The molecule has 0 bridgehead atoms. The van der Waals surface area contributed by atoms with E-state index in [0.717, 1.165) is 39.0 Å². The van der Waals surface area contributed by atoms with Crippen molar-refractivity contribution in [2.75, 3.05) is 33.4 Å². The summed E-state index contributed by atoms with van der Waals surface area (Å²) >= 11 is 0. The first-order chi connectivity index (χ1) is 8.68. The zero-order valence-corrected chi connectivity index (χ0v) is 12.6. The van der Waals surface area contributed by atoms with Gasteiger partial charge in [-0.3, -0.25) is 4.79 Å². The fourth-order valence-corrected chi connectivity index (χ4v) is 2.86. The monoisotopic (exact) mass is 292 g/mol. The van der Waals surface area contributed by atoms with Gasteiger partial charge >= 0.3 is 0 Å². The fourth-order valence-electron chi connectivity index (χ4n) is 2.86. The molecule has 2 heterocycles. The zero-order chi connectivity index (χ0) is 13.0. The van der Waals surface area contributed by atoms with Crippen molar-refractivity contribution in [2.45, 2.75) is 38.3 Å². The van der Waals surface area contributed by atoms with Crippen LogP contribution < -0.4 is 10.6 Å². The van der Waals surface area contributed by atoms with Crippen molar-refractivity contribution in [3.63, 3.8) is 0 Å². The molecule has 0 aromatic heterocycles. The van der Waals surface area contributed by atoms with Gasteiger partial charge in [0, 0.05) is 13.7 Å². The summed E-state index contributed by atoms with van der Waals surface area (Å²) in [6, 6.07) is 0.154. The van der Waals surface area contributed by atoms with Gasteiger partial charge in [-0.25, -0.2) is 0 Å². The summed E-state index contributed by atoms with van der Waals surface area (Å²) in [4.78, 5) is 12.5. The van der Waals surface area contributed by atoms with Gasteiger partial charge in [0.25, 0.3) is 0 Å². The van der Waals surface area contributed by atoms with Gasteiger partial charge in [-0.2, -0.15) is 0 Å². The Morgan fingerprint density at radius 3 is 2.68 bits per heavy atom. The number of amides is 1. The maximum atomic E-state index is 12.5. The summed E-state index contributed by atoms with van der Waals surface area (Å²) < 4.78 is 10.8. The van der Waals surface area contributed by atoms with Crippen molar-refractivity contribution >= 4 is 18.3 Å². The third-order valence-corrected chi connectivity index (χ3v) is 4.16. The van der Waals surface area contributed by atoms with E-state index >= 15 is 0 Å². The van der Waals surface area contributed by atoms with E-state index in [1.165, 1.54) is 0 Å². The van der Waals surface area contributed by atoms with E-state index in [4.69, 9.17) is 9.47 Å². The minimum absolute atomic E-state index is 0. The number of carbonyl (C=O) groups excluding carboxylic acids is 1. The Morgan fingerprint density at radius 2 is 2.16 bits per heavy atom. The molecule has 6 heteroatoms. The van der Waals surface area contributed by atoms with Gasteiger partial charge in [-0.1, -0.05) is 0 Å². The maximum Gasteiger partial charge on any atom is 0.228 e. The summed E-state index contributed by atoms with van der Waals surface area (Å²) in [6.07, 6.45) is 2.72. The quantitative estimate of drug-likeness (QED) is 0.802. The SMILES string of the molecule is COCC1(C(=O)NC2CCOC2C)CCNCC1.Cl. The Morgan fingerprint density at radius 1 is 1.47 bits per heavy atom. The molecule has 0 aromatic rings. The molecule has 1 amide bonds. The van der Waals surface area contributed by atoms with Crippen molar-refractivity contribution in [3.8, 4) is 0 Å². The molecule has 0 aliphatic carbocycles. The number of methoxy groups -OCH3 is 1. The first-order valence-electron chi connectivity index (χ1n) is 6.80. The number of nitrogens with one attached hydrogen (secondary N) is 2. The predicted molar refractivity (Wildman–Crippen MR) is 75.6 cm³/mol. The molecule has 2 atom stereocenters. The Balaban J connectivity index is 0.00000180. The van der Waals surface area contributed by atoms with E-state index in [-0.39, 0.29) is 35.9 Å². The van der Waals surface area contributed by atoms with E-state index in [1.807, 2.05) is 6.92 Å². The second-order valence-corrected chi connectivity index (χ2v) is 5.41.